The van der Waals surface area contributed by atoms with E-state index in [-0.39, 0.29) is 51.5 Å². The van der Waals surface area contributed by atoms with Crippen molar-refractivity contribution >= 4 is 17.7 Å². The Labute approximate surface area is 316 Å². The van der Waals surface area contributed by atoms with Crippen molar-refractivity contribution in [3.05, 3.63) is 11.1 Å². The van der Waals surface area contributed by atoms with Crippen molar-refractivity contribution in [3.63, 3.8) is 0 Å². The highest BCUT2D eigenvalue weighted by Crippen LogP contribution is 2.77. The van der Waals surface area contributed by atoms with Crippen molar-refractivity contribution in [3.8, 4) is 0 Å². The second kappa shape index (κ2) is 13.8. The van der Waals surface area contributed by atoms with E-state index in [9.17, 15) is 19.5 Å². The van der Waals surface area contributed by atoms with Gasteiger partial charge < -0.3 is 19.6 Å². The van der Waals surface area contributed by atoms with E-state index in [0.717, 1.165) is 64.1 Å². The molecule has 0 aromatic rings. The largest absolute Gasteiger partial charge is 0.481 e. The molecule has 0 saturated heterocycles. The molecule has 0 heterocycles. The number of carboxylic acid groups (broad SMARTS) is 1. The van der Waals surface area contributed by atoms with E-state index in [4.69, 9.17) is 4.74 Å². The van der Waals surface area contributed by atoms with Gasteiger partial charge in [0.05, 0.1) is 11.8 Å². The van der Waals surface area contributed by atoms with E-state index in [1.54, 1.807) is 19.4 Å². The van der Waals surface area contributed by atoms with Gasteiger partial charge in [0.1, 0.15) is 6.10 Å². The molecule has 6 rings (SSSR count). The topological polar surface area (TPSA) is 87.2 Å². The summed E-state index contributed by atoms with van der Waals surface area (Å²) in [6, 6.07) is 0. The zero-order chi connectivity index (χ0) is 38.2. The first-order chi connectivity index (χ1) is 24.1. The lowest BCUT2D eigenvalue weighted by molar-refractivity contribution is -0.233. The fourth-order valence-corrected chi connectivity index (χ4v) is 13.5. The van der Waals surface area contributed by atoms with Crippen LogP contribution < -0.4 is 0 Å². The van der Waals surface area contributed by atoms with Crippen LogP contribution in [-0.2, 0) is 19.1 Å². The van der Waals surface area contributed by atoms with Crippen molar-refractivity contribution in [1.29, 1.82) is 0 Å². The summed E-state index contributed by atoms with van der Waals surface area (Å²) < 4.78 is 6.20. The maximum absolute atomic E-state index is 14.2. The van der Waals surface area contributed by atoms with Gasteiger partial charge in [-0.3, -0.25) is 14.4 Å². The van der Waals surface area contributed by atoms with Crippen molar-refractivity contribution in [2.75, 3.05) is 40.3 Å². The average Bonchev–Trinajstić information content (AvgIpc) is 3.80. The first-order valence-electron chi connectivity index (χ1n) is 21.2. The number of allylic oxidation sites excluding steroid dienone is 2. The number of ether oxygens (including phenoxy) is 1. The fraction of sp³-hybridized carbons (Fsp3) is 0.889. The first-order valence-corrected chi connectivity index (χ1v) is 21.2. The number of carbonyl (C=O) groups excluding carboxylic acids is 2. The number of likely N-dealkylation sites (N-methyl/N-ethyl adjacent to an activating group) is 1. The summed E-state index contributed by atoms with van der Waals surface area (Å²) in [6.07, 6.45) is 13.2. The zero-order valence-electron chi connectivity index (χ0n) is 35.0. The summed E-state index contributed by atoms with van der Waals surface area (Å²) in [7, 11) is 4.36. The fourth-order valence-electron chi connectivity index (χ4n) is 13.5. The lowest BCUT2D eigenvalue weighted by Gasteiger charge is -2.72. The van der Waals surface area contributed by atoms with Gasteiger partial charge in [-0.05, 0) is 157 Å². The maximum Gasteiger partial charge on any atom is 0.309 e. The molecule has 5 saturated carbocycles. The molecule has 5 fully saturated rings. The molecule has 0 amide bonds. The minimum Gasteiger partial charge on any atom is -0.481 e. The second-order valence-corrected chi connectivity index (χ2v) is 21.5. The van der Waals surface area contributed by atoms with E-state index in [1.807, 2.05) is 0 Å². The SMILES string of the molecule is CC(C)C1=C2C3CCC4C5(C)CCC(OC(=O)CC(C)(C)C(=O)O)C(C)(C)C5CCC4(C)C3(C)CCC2(CCN(CCN(C)C)CC2CC2)CC1=O. The highest BCUT2D eigenvalue weighted by atomic mass is 16.5. The smallest absolute Gasteiger partial charge is 0.309 e. The molecule has 6 aliphatic rings. The van der Waals surface area contributed by atoms with Crippen LogP contribution in [0.3, 0.4) is 0 Å². The number of hydrogen-bond acceptors (Lipinski definition) is 6. The molecule has 7 heteroatoms. The number of carbonyl (C=O) groups is 3. The van der Waals surface area contributed by atoms with Crippen LogP contribution in [0.1, 0.15) is 146 Å². The number of fused-ring (bicyclic) bond motifs is 7. The molecule has 8 atom stereocenters. The lowest BCUT2D eigenvalue weighted by Crippen LogP contribution is -2.65. The number of Topliss-reactive ketones (excluding diaryl/α,β-unsaturated/α-hetero) is 1. The summed E-state index contributed by atoms with van der Waals surface area (Å²) in [5.41, 5.74) is 1.94. The van der Waals surface area contributed by atoms with Crippen LogP contribution in [0.5, 0.6) is 0 Å². The highest BCUT2D eigenvalue weighted by molar-refractivity contribution is 6.00. The Morgan fingerprint density at radius 2 is 1.56 bits per heavy atom. The van der Waals surface area contributed by atoms with Gasteiger partial charge in [-0.15, -0.1) is 0 Å². The van der Waals surface area contributed by atoms with Crippen molar-refractivity contribution < 1.29 is 24.2 Å². The quantitative estimate of drug-likeness (QED) is 0.190. The minimum absolute atomic E-state index is 0.0181. The number of hydrogen-bond donors (Lipinski definition) is 1. The summed E-state index contributed by atoms with van der Waals surface area (Å²) in [5, 5.41) is 9.63. The van der Waals surface area contributed by atoms with Gasteiger partial charge in [-0.2, -0.15) is 0 Å². The third-order valence-corrected chi connectivity index (χ3v) is 16.9. The van der Waals surface area contributed by atoms with Crippen LogP contribution in [0, 0.1) is 62.1 Å². The molecule has 0 aromatic heterocycles. The molecule has 294 valence electrons. The van der Waals surface area contributed by atoms with Crippen LogP contribution in [-0.4, -0.2) is 79.0 Å². The Kier molecular flexibility index (Phi) is 10.6. The Hall–Kier alpha value is -1.73. The third kappa shape index (κ3) is 6.66. The average molecular weight is 723 g/mol. The van der Waals surface area contributed by atoms with E-state index in [1.165, 1.54) is 50.6 Å². The molecule has 8 unspecified atom stereocenters. The summed E-state index contributed by atoms with van der Waals surface area (Å²) >= 11 is 0. The monoisotopic (exact) mass is 723 g/mol. The van der Waals surface area contributed by atoms with Crippen molar-refractivity contribution in [1.82, 2.24) is 9.80 Å². The molecule has 0 spiro atoms. The molecule has 0 bridgehead atoms. The number of ketones is 1. The molecule has 52 heavy (non-hydrogen) atoms. The Morgan fingerprint density at radius 1 is 0.865 bits per heavy atom. The van der Waals surface area contributed by atoms with E-state index in [2.05, 4.69) is 72.4 Å². The Morgan fingerprint density at radius 3 is 2.17 bits per heavy atom. The van der Waals surface area contributed by atoms with Crippen LogP contribution >= 0.6 is 0 Å². The molecule has 7 nitrogen and oxygen atoms in total. The van der Waals surface area contributed by atoms with Gasteiger partial charge in [0.2, 0.25) is 0 Å². The number of aliphatic carboxylic acids is 1. The van der Waals surface area contributed by atoms with Crippen LogP contribution in [0.25, 0.3) is 0 Å². The minimum atomic E-state index is -1.14. The van der Waals surface area contributed by atoms with Crippen LogP contribution in [0.2, 0.25) is 0 Å². The predicted molar refractivity (Wildman–Crippen MR) is 208 cm³/mol. The van der Waals surface area contributed by atoms with Gasteiger partial charge in [-0.25, -0.2) is 0 Å². The number of rotatable bonds is 13. The Balaban J connectivity index is 1.26. The van der Waals surface area contributed by atoms with E-state index in [0.29, 0.717) is 23.5 Å². The number of esters is 1. The van der Waals surface area contributed by atoms with Crippen LogP contribution in [0.15, 0.2) is 11.1 Å². The molecule has 6 aliphatic carbocycles. The van der Waals surface area contributed by atoms with Gasteiger partial charge in [-0.1, -0.05) is 54.0 Å². The van der Waals surface area contributed by atoms with Gasteiger partial charge in [0.15, 0.2) is 5.78 Å². The first kappa shape index (κ1) is 39.9. The molecular formula is C45H74N2O5. The normalized spacial score (nSPS) is 38.6. The maximum atomic E-state index is 14.2. The van der Waals surface area contributed by atoms with E-state index < -0.39 is 11.4 Å². The summed E-state index contributed by atoms with van der Waals surface area (Å²) in [6.45, 7) is 24.8. The molecule has 0 aliphatic heterocycles. The van der Waals surface area contributed by atoms with Gasteiger partial charge in [0.25, 0.3) is 0 Å². The highest BCUT2D eigenvalue weighted by Gasteiger charge is 2.70. The third-order valence-electron chi connectivity index (χ3n) is 16.9. The summed E-state index contributed by atoms with van der Waals surface area (Å²) in [4.78, 5) is 44.1. The summed E-state index contributed by atoms with van der Waals surface area (Å²) in [5.74, 6) is 1.69. The predicted octanol–water partition coefficient (Wildman–Crippen LogP) is 9.04. The number of carboxylic acids is 1. The zero-order valence-corrected chi connectivity index (χ0v) is 35.0. The van der Waals surface area contributed by atoms with Crippen molar-refractivity contribution in [2.45, 2.75) is 152 Å². The standard InChI is InChI=1S/C45H74N2O5/c1-29(2)37-32(48)26-45(22-23-47(25-24-46(10)11)28-30-12-13-30)21-20-43(8)31(38(37)45)14-15-34-42(7)18-17-35(52-36(49)27-40(3,4)39(50)51)41(5,6)33(42)16-19-44(34,43)9/h29-31,33-35H,12-28H2,1-11H3,(H,50,51). The number of nitrogens with zero attached hydrogens (tertiary/aromatic N) is 2. The molecular weight excluding hydrogens is 649 g/mol. The second-order valence-electron chi connectivity index (χ2n) is 21.5. The Bertz CT molecular complexity index is 1440. The van der Waals surface area contributed by atoms with Gasteiger partial charge in [0, 0.05) is 36.9 Å². The van der Waals surface area contributed by atoms with Gasteiger partial charge >= 0.3 is 11.9 Å². The molecule has 0 radical (unpaired) electrons. The van der Waals surface area contributed by atoms with Crippen molar-refractivity contribution in [2.24, 2.45) is 62.1 Å². The molecule has 1 N–H and O–H groups in total. The van der Waals surface area contributed by atoms with E-state index >= 15 is 0 Å². The van der Waals surface area contributed by atoms with Crippen LogP contribution in [0.4, 0.5) is 0 Å². The lowest BCUT2D eigenvalue weighted by atomic mass is 9.33. The molecule has 0 aromatic carbocycles.